The molecular formula is C18H23ClN4. The summed E-state index contributed by atoms with van der Waals surface area (Å²) in [4.78, 5) is 14.0. The molecule has 5 heteroatoms. The van der Waals surface area contributed by atoms with Gasteiger partial charge in [0.1, 0.15) is 5.82 Å². The standard InChI is InChI=1S/C18H23ClN4/c1-14-13-20-15(2)18(21-14)23-11-9-22(10-12-23)8-7-16-3-5-17(19)6-4-16/h3-6,13H,7-12H2,1-2H3. The van der Waals surface area contributed by atoms with E-state index in [9.17, 15) is 0 Å². The molecule has 0 saturated carbocycles. The van der Waals surface area contributed by atoms with Gasteiger partial charge in [-0.25, -0.2) is 4.98 Å². The first-order valence-corrected chi connectivity index (χ1v) is 8.51. The van der Waals surface area contributed by atoms with E-state index in [1.807, 2.05) is 32.2 Å². The number of benzene rings is 1. The summed E-state index contributed by atoms with van der Waals surface area (Å²) < 4.78 is 0. The molecule has 122 valence electrons. The lowest BCUT2D eigenvalue weighted by molar-refractivity contribution is 0.260. The summed E-state index contributed by atoms with van der Waals surface area (Å²) >= 11 is 5.93. The molecule has 2 aromatic rings. The third kappa shape index (κ3) is 4.21. The summed E-state index contributed by atoms with van der Waals surface area (Å²) in [6.07, 6.45) is 2.90. The maximum absolute atomic E-state index is 5.93. The molecule has 3 rings (SSSR count). The van der Waals surface area contributed by atoms with Crippen molar-refractivity contribution >= 4 is 17.4 Å². The van der Waals surface area contributed by atoms with Gasteiger partial charge in [0.25, 0.3) is 0 Å². The van der Waals surface area contributed by atoms with E-state index in [1.54, 1.807) is 0 Å². The third-order valence-corrected chi connectivity index (χ3v) is 4.60. The fourth-order valence-electron chi connectivity index (χ4n) is 2.95. The van der Waals surface area contributed by atoms with Crippen molar-refractivity contribution in [2.75, 3.05) is 37.6 Å². The lowest BCUT2D eigenvalue weighted by Crippen LogP contribution is -2.47. The number of piperazine rings is 1. The van der Waals surface area contributed by atoms with Gasteiger partial charge in [-0.15, -0.1) is 0 Å². The second kappa shape index (κ2) is 7.28. The summed E-state index contributed by atoms with van der Waals surface area (Å²) in [5.74, 6) is 1.04. The first-order valence-electron chi connectivity index (χ1n) is 8.14. The van der Waals surface area contributed by atoms with E-state index < -0.39 is 0 Å². The van der Waals surface area contributed by atoms with Crippen LogP contribution in [0.25, 0.3) is 0 Å². The Morgan fingerprint density at radius 2 is 1.74 bits per heavy atom. The summed E-state index contributed by atoms with van der Waals surface area (Å²) in [5.41, 5.74) is 3.35. The zero-order valence-electron chi connectivity index (χ0n) is 13.8. The molecule has 1 aliphatic rings. The van der Waals surface area contributed by atoms with Crippen molar-refractivity contribution in [3.63, 3.8) is 0 Å². The molecule has 0 atom stereocenters. The quantitative estimate of drug-likeness (QED) is 0.862. The molecule has 2 heterocycles. The molecule has 1 saturated heterocycles. The van der Waals surface area contributed by atoms with Crippen LogP contribution in [-0.2, 0) is 6.42 Å². The highest BCUT2D eigenvalue weighted by Crippen LogP contribution is 2.17. The summed E-state index contributed by atoms with van der Waals surface area (Å²) in [7, 11) is 0. The number of hydrogen-bond acceptors (Lipinski definition) is 4. The Morgan fingerprint density at radius 1 is 1.04 bits per heavy atom. The SMILES string of the molecule is Cc1cnc(C)c(N2CCN(CCc3ccc(Cl)cc3)CC2)n1. The molecule has 1 aromatic heterocycles. The Kier molecular flexibility index (Phi) is 5.13. The molecule has 0 bridgehead atoms. The number of aromatic nitrogens is 2. The van der Waals surface area contributed by atoms with Crippen LogP contribution in [0.2, 0.25) is 5.02 Å². The minimum atomic E-state index is 0.803. The predicted molar refractivity (Wildman–Crippen MR) is 95.3 cm³/mol. The topological polar surface area (TPSA) is 32.3 Å². The molecular weight excluding hydrogens is 308 g/mol. The Balaban J connectivity index is 1.52. The van der Waals surface area contributed by atoms with E-state index in [2.05, 4.69) is 31.9 Å². The molecule has 0 unspecified atom stereocenters. The number of hydrogen-bond donors (Lipinski definition) is 0. The second-order valence-electron chi connectivity index (χ2n) is 6.13. The van der Waals surface area contributed by atoms with Crippen molar-refractivity contribution in [3.8, 4) is 0 Å². The van der Waals surface area contributed by atoms with Crippen molar-refractivity contribution in [2.45, 2.75) is 20.3 Å². The average Bonchev–Trinajstić information content (AvgIpc) is 2.57. The van der Waals surface area contributed by atoms with Gasteiger partial charge in [-0.3, -0.25) is 9.88 Å². The van der Waals surface area contributed by atoms with Gasteiger partial charge in [-0.05, 0) is 38.0 Å². The Hall–Kier alpha value is -1.65. The second-order valence-corrected chi connectivity index (χ2v) is 6.56. The lowest BCUT2D eigenvalue weighted by atomic mass is 10.1. The van der Waals surface area contributed by atoms with E-state index in [4.69, 9.17) is 11.6 Å². The molecule has 0 radical (unpaired) electrons. The Bertz CT molecular complexity index is 649. The van der Waals surface area contributed by atoms with E-state index in [0.29, 0.717) is 0 Å². The van der Waals surface area contributed by atoms with Crippen LogP contribution in [0.5, 0.6) is 0 Å². The third-order valence-electron chi connectivity index (χ3n) is 4.35. The molecule has 0 amide bonds. The van der Waals surface area contributed by atoms with Crippen LogP contribution < -0.4 is 4.90 Å². The van der Waals surface area contributed by atoms with E-state index >= 15 is 0 Å². The highest BCUT2D eigenvalue weighted by atomic mass is 35.5. The fourth-order valence-corrected chi connectivity index (χ4v) is 3.07. The fraction of sp³-hybridized carbons (Fsp3) is 0.444. The number of aryl methyl sites for hydroxylation is 2. The van der Waals surface area contributed by atoms with E-state index in [0.717, 1.165) is 61.4 Å². The number of rotatable bonds is 4. The zero-order chi connectivity index (χ0) is 16.2. The van der Waals surface area contributed by atoms with E-state index in [-0.39, 0.29) is 0 Å². The molecule has 1 aromatic carbocycles. The van der Waals surface area contributed by atoms with Gasteiger partial charge in [0.15, 0.2) is 0 Å². The summed E-state index contributed by atoms with van der Waals surface area (Å²) in [5, 5.41) is 0.803. The first-order chi connectivity index (χ1) is 11.1. The van der Waals surface area contributed by atoms with Gasteiger partial charge in [-0.2, -0.15) is 0 Å². The molecule has 0 aliphatic carbocycles. The van der Waals surface area contributed by atoms with E-state index in [1.165, 1.54) is 5.56 Å². The molecule has 1 fully saturated rings. The lowest BCUT2D eigenvalue weighted by Gasteiger charge is -2.35. The minimum Gasteiger partial charge on any atom is -0.353 e. The van der Waals surface area contributed by atoms with Crippen LogP contribution in [-0.4, -0.2) is 47.6 Å². The summed E-state index contributed by atoms with van der Waals surface area (Å²) in [6.45, 7) is 9.30. The number of nitrogens with zero attached hydrogens (tertiary/aromatic N) is 4. The van der Waals surface area contributed by atoms with Crippen LogP contribution >= 0.6 is 11.6 Å². The van der Waals surface area contributed by atoms with Crippen molar-refractivity contribution < 1.29 is 0 Å². The Labute approximate surface area is 143 Å². The maximum atomic E-state index is 5.93. The molecule has 4 nitrogen and oxygen atoms in total. The molecule has 1 aliphatic heterocycles. The zero-order valence-corrected chi connectivity index (χ0v) is 14.6. The number of anilines is 1. The van der Waals surface area contributed by atoms with Crippen molar-refractivity contribution in [3.05, 3.63) is 52.4 Å². The largest absolute Gasteiger partial charge is 0.353 e. The van der Waals surface area contributed by atoms with Crippen molar-refractivity contribution in [2.24, 2.45) is 0 Å². The highest BCUT2D eigenvalue weighted by Gasteiger charge is 2.19. The van der Waals surface area contributed by atoms with Crippen LogP contribution in [0.3, 0.4) is 0 Å². The molecule has 23 heavy (non-hydrogen) atoms. The van der Waals surface area contributed by atoms with Gasteiger partial charge >= 0.3 is 0 Å². The van der Waals surface area contributed by atoms with Crippen molar-refractivity contribution in [1.29, 1.82) is 0 Å². The van der Waals surface area contributed by atoms with Gasteiger partial charge in [-0.1, -0.05) is 23.7 Å². The van der Waals surface area contributed by atoms with Gasteiger partial charge in [0, 0.05) is 43.9 Å². The van der Waals surface area contributed by atoms with Crippen LogP contribution in [0.4, 0.5) is 5.82 Å². The normalized spacial score (nSPS) is 15.9. The molecule has 0 N–H and O–H groups in total. The predicted octanol–water partition coefficient (Wildman–Crippen LogP) is 3.11. The molecule has 0 spiro atoms. The summed E-state index contributed by atoms with van der Waals surface area (Å²) in [6, 6.07) is 8.16. The average molecular weight is 331 g/mol. The maximum Gasteiger partial charge on any atom is 0.150 e. The minimum absolute atomic E-state index is 0.803. The van der Waals surface area contributed by atoms with Crippen LogP contribution in [0.1, 0.15) is 17.0 Å². The first kappa shape index (κ1) is 16.2. The van der Waals surface area contributed by atoms with Gasteiger partial charge in [0.2, 0.25) is 0 Å². The van der Waals surface area contributed by atoms with Crippen molar-refractivity contribution in [1.82, 2.24) is 14.9 Å². The van der Waals surface area contributed by atoms with Crippen LogP contribution in [0.15, 0.2) is 30.5 Å². The number of halogens is 1. The van der Waals surface area contributed by atoms with Gasteiger partial charge in [0.05, 0.1) is 11.4 Å². The van der Waals surface area contributed by atoms with Gasteiger partial charge < -0.3 is 4.90 Å². The monoisotopic (exact) mass is 330 g/mol. The Morgan fingerprint density at radius 3 is 2.43 bits per heavy atom. The smallest absolute Gasteiger partial charge is 0.150 e. The highest BCUT2D eigenvalue weighted by molar-refractivity contribution is 6.30. The van der Waals surface area contributed by atoms with Crippen LogP contribution in [0, 0.1) is 13.8 Å².